The van der Waals surface area contributed by atoms with Crippen LogP contribution in [0.2, 0.25) is 5.02 Å². The maximum atomic E-state index is 14.9. The number of nitrogens with zero attached hydrogens (tertiary/aromatic N) is 2. The molecule has 4 aromatic rings. The van der Waals surface area contributed by atoms with Crippen molar-refractivity contribution < 1.29 is 36.6 Å². The molecule has 268 valence electrons. The fraction of sp³-hybridized carbons (Fsp3) is 0.405. The smallest absolute Gasteiger partial charge is 0.407 e. The van der Waals surface area contributed by atoms with E-state index in [1.165, 1.54) is 24.1 Å². The molecule has 1 saturated carbocycles. The van der Waals surface area contributed by atoms with Crippen LogP contribution in [0, 0.1) is 17.0 Å². The normalized spacial score (nSPS) is 17.4. The first-order chi connectivity index (χ1) is 23.4. The van der Waals surface area contributed by atoms with Crippen LogP contribution in [0.4, 0.5) is 13.6 Å². The Morgan fingerprint density at radius 2 is 1.56 bits per heavy atom. The second kappa shape index (κ2) is 14.5. The lowest BCUT2D eigenvalue weighted by Gasteiger charge is -2.43. The summed E-state index contributed by atoms with van der Waals surface area (Å²) in [7, 11) is -1.87. The van der Waals surface area contributed by atoms with Gasteiger partial charge in [-0.3, -0.25) is 4.79 Å². The van der Waals surface area contributed by atoms with Crippen molar-refractivity contribution in [3.05, 3.63) is 81.7 Å². The lowest BCUT2D eigenvalue weighted by Crippen LogP contribution is -2.49. The van der Waals surface area contributed by atoms with Gasteiger partial charge in [-0.1, -0.05) is 50.6 Å². The molecule has 1 aliphatic rings. The van der Waals surface area contributed by atoms with E-state index in [2.05, 4.69) is 0 Å². The van der Waals surface area contributed by atoms with E-state index in [-0.39, 0.29) is 42.4 Å². The van der Waals surface area contributed by atoms with Gasteiger partial charge in [0.05, 0.1) is 33.2 Å². The number of hydrogen-bond acceptors (Lipinski definition) is 6. The lowest BCUT2D eigenvalue weighted by molar-refractivity contribution is 0.0411. The number of amides is 2. The average molecular weight is 747 g/mol. The number of ether oxygens (including phenoxy) is 1. The molecular formula is C37H41ClF2N2O6S2. The molecule has 1 aromatic heterocycles. The van der Waals surface area contributed by atoms with Crippen LogP contribution >= 0.6 is 22.9 Å². The minimum atomic E-state index is -3.39. The molecule has 5 rings (SSSR count). The topological polar surface area (TPSA) is 104 Å². The predicted molar refractivity (Wildman–Crippen MR) is 193 cm³/mol. The van der Waals surface area contributed by atoms with Crippen molar-refractivity contribution in [2.24, 2.45) is 5.41 Å². The van der Waals surface area contributed by atoms with Crippen molar-refractivity contribution >= 4 is 54.9 Å². The Morgan fingerprint density at radius 1 is 0.980 bits per heavy atom. The second-order valence-electron chi connectivity index (χ2n) is 14.1. The van der Waals surface area contributed by atoms with Gasteiger partial charge in [0.1, 0.15) is 22.3 Å². The molecule has 1 atom stereocenters. The summed E-state index contributed by atoms with van der Waals surface area (Å²) in [6.45, 7) is 8.17. The Hall–Kier alpha value is -3.74. The number of carboxylic acid groups (broad SMARTS) is 1. The number of benzene rings is 3. The summed E-state index contributed by atoms with van der Waals surface area (Å²) in [5, 5.41) is 9.75. The van der Waals surface area contributed by atoms with Gasteiger partial charge in [-0.25, -0.2) is 22.0 Å². The molecule has 1 fully saturated rings. The quantitative estimate of drug-likeness (QED) is 0.183. The highest BCUT2D eigenvalue weighted by molar-refractivity contribution is 7.90. The fourth-order valence-electron chi connectivity index (χ4n) is 6.81. The van der Waals surface area contributed by atoms with Gasteiger partial charge in [-0.2, -0.15) is 0 Å². The van der Waals surface area contributed by atoms with Crippen molar-refractivity contribution in [1.82, 2.24) is 9.80 Å². The molecule has 1 unspecified atom stereocenters. The van der Waals surface area contributed by atoms with Crippen LogP contribution in [0.5, 0.6) is 5.75 Å². The van der Waals surface area contributed by atoms with Crippen molar-refractivity contribution in [1.29, 1.82) is 0 Å². The first kappa shape index (κ1) is 37.5. The highest BCUT2D eigenvalue weighted by atomic mass is 35.5. The molecule has 13 heteroatoms. The minimum Gasteiger partial charge on any atom is -0.496 e. The zero-order chi connectivity index (χ0) is 36.7. The standard InChI is InChI=1S/C37H41ClF2N2O6S2/c1-21(27-19-23(9-18-30(27)48-5)22-7-14-26(15-8-22)50(6,46)47)42(25-12-10-24(11-13-25)41(36(44)45)20-37(2,3)4)35(43)34-32(38)31-28(39)16-17-29(40)33(31)49-34/h7-9,14-19,21,24-25H,10-13,20H2,1-6H3,(H,44,45). The van der Waals surface area contributed by atoms with Crippen LogP contribution < -0.4 is 4.74 Å². The Bertz CT molecular complexity index is 2020. The summed E-state index contributed by atoms with van der Waals surface area (Å²) in [4.78, 5) is 30.3. The molecule has 2 amide bonds. The molecule has 1 aliphatic carbocycles. The second-order valence-corrected chi connectivity index (χ2v) is 17.5. The first-order valence-corrected chi connectivity index (χ1v) is 19.4. The molecule has 0 bridgehead atoms. The van der Waals surface area contributed by atoms with Gasteiger partial charge >= 0.3 is 6.09 Å². The van der Waals surface area contributed by atoms with E-state index in [4.69, 9.17) is 16.3 Å². The Kier molecular flexibility index (Phi) is 10.9. The number of hydrogen-bond donors (Lipinski definition) is 1. The molecule has 0 radical (unpaired) electrons. The Morgan fingerprint density at radius 3 is 2.10 bits per heavy atom. The predicted octanol–water partition coefficient (Wildman–Crippen LogP) is 9.45. The van der Waals surface area contributed by atoms with E-state index in [0.717, 1.165) is 40.9 Å². The highest BCUT2D eigenvalue weighted by Crippen LogP contribution is 2.43. The third kappa shape index (κ3) is 7.77. The maximum absolute atomic E-state index is 14.9. The van der Waals surface area contributed by atoms with Gasteiger partial charge in [0, 0.05) is 30.4 Å². The van der Waals surface area contributed by atoms with E-state index >= 15 is 0 Å². The third-order valence-corrected chi connectivity index (χ3v) is 12.0. The lowest BCUT2D eigenvalue weighted by atomic mass is 9.86. The van der Waals surface area contributed by atoms with Crippen LogP contribution in [0.25, 0.3) is 21.2 Å². The van der Waals surface area contributed by atoms with E-state index < -0.39 is 39.5 Å². The van der Waals surface area contributed by atoms with Crippen molar-refractivity contribution in [3.8, 4) is 16.9 Å². The monoisotopic (exact) mass is 746 g/mol. The largest absolute Gasteiger partial charge is 0.496 e. The zero-order valence-corrected chi connectivity index (χ0v) is 31.2. The van der Waals surface area contributed by atoms with E-state index in [1.54, 1.807) is 23.1 Å². The number of carbonyl (C=O) groups is 2. The number of thiophene rings is 1. The van der Waals surface area contributed by atoms with Crippen molar-refractivity contribution in [2.75, 3.05) is 19.9 Å². The van der Waals surface area contributed by atoms with Gasteiger partial charge in [0.15, 0.2) is 9.84 Å². The summed E-state index contributed by atoms with van der Waals surface area (Å²) < 4.78 is 59.6. The van der Waals surface area contributed by atoms with Crippen LogP contribution in [0.15, 0.2) is 59.5 Å². The van der Waals surface area contributed by atoms with Gasteiger partial charge in [0.25, 0.3) is 5.91 Å². The highest BCUT2D eigenvalue weighted by Gasteiger charge is 2.39. The SMILES string of the molecule is COc1ccc(-c2ccc(S(C)(=O)=O)cc2)cc1C(C)N(C(=O)c1sc2c(F)ccc(F)c2c1Cl)C1CCC(N(CC(C)(C)C)C(=O)O)CC1. The van der Waals surface area contributed by atoms with Gasteiger partial charge in [-0.15, -0.1) is 11.3 Å². The Labute approximate surface area is 300 Å². The summed E-state index contributed by atoms with van der Waals surface area (Å²) in [6, 6.07) is 12.7. The molecule has 0 aliphatic heterocycles. The molecular weight excluding hydrogens is 706 g/mol. The zero-order valence-electron chi connectivity index (χ0n) is 28.8. The summed E-state index contributed by atoms with van der Waals surface area (Å²) in [5.41, 5.74) is 1.91. The number of sulfone groups is 1. The number of halogens is 3. The summed E-state index contributed by atoms with van der Waals surface area (Å²) >= 11 is 7.45. The molecule has 3 aromatic carbocycles. The van der Waals surface area contributed by atoms with Crippen LogP contribution in [-0.4, -0.2) is 67.3 Å². The summed E-state index contributed by atoms with van der Waals surface area (Å²) in [6.07, 6.45) is 2.14. The van der Waals surface area contributed by atoms with Gasteiger partial charge < -0.3 is 19.6 Å². The van der Waals surface area contributed by atoms with E-state index in [1.807, 2.05) is 39.8 Å². The van der Waals surface area contributed by atoms with Crippen molar-refractivity contribution in [2.45, 2.75) is 76.4 Å². The molecule has 0 spiro atoms. The van der Waals surface area contributed by atoms with Crippen molar-refractivity contribution in [3.63, 3.8) is 0 Å². The van der Waals surface area contributed by atoms with Gasteiger partial charge in [0.2, 0.25) is 0 Å². The van der Waals surface area contributed by atoms with Crippen LogP contribution in [-0.2, 0) is 9.84 Å². The Balaban J connectivity index is 1.57. The fourth-order valence-corrected chi connectivity index (χ4v) is 8.93. The molecule has 1 heterocycles. The molecule has 0 saturated heterocycles. The number of carbonyl (C=O) groups excluding carboxylic acids is 1. The molecule has 1 N–H and O–H groups in total. The molecule has 50 heavy (non-hydrogen) atoms. The average Bonchev–Trinajstić information content (AvgIpc) is 3.42. The third-order valence-electron chi connectivity index (χ3n) is 9.21. The molecule has 8 nitrogen and oxygen atoms in total. The summed E-state index contributed by atoms with van der Waals surface area (Å²) in [5.74, 6) is -1.41. The minimum absolute atomic E-state index is 0.00557. The number of fused-ring (bicyclic) bond motifs is 1. The maximum Gasteiger partial charge on any atom is 0.407 e. The van der Waals surface area contributed by atoms with E-state index in [0.29, 0.717) is 43.5 Å². The first-order valence-electron chi connectivity index (χ1n) is 16.3. The number of rotatable bonds is 9. The van der Waals surface area contributed by atoms with E-state index in [9.17, 15) is 31.9 Å². The number of methoxy groups -OCH3 is 1. The van der Waals surface area contributed by atoms with Gasteiger partial charge in [-0.05, 0) is 85.5 Å². The van der Waals surface area contributed by atoms with Crippen LogP contribution in [0.3, 0.4) is 0 Å². The van der Waals surface area contributed by atoms with Crippen LogP contribution in [0.1, 0.15) is 74.7 Å².